The number of para-hydroxylation sites is 1. The van der Waals surface area contributed by atoms with Gasteiger partial charge in [-0.2, -0.15) is 0 Å². The van der Waals surface area contributed by atoms with Crippen LogP contribution < -0.4 is 4.90 Å². The highest BCUT2D eigenvalue weighted by Gasteiger charge is 2.15. The number of nitrogens with zero attached hydrogens (tertiary/aromatic N) is 2. The molecule has 2 nitrogen and oxygen atoms in total. The molecule has 0 bridgehead atoms. The van der Waals surface area contributed by atoms with Crippen LogP contribution in [-0.4, -0.2) is 4.98 Å². The molecule has 0 N–H and O–H groups in total. The Kier molecular flexibility index (Phi) is 7.90. The van der Waals surface area contributed by atoms with Gasteiger partial charge in [-0.25, -0.2) is 4.98 Å². The van der Waals surface area contributed by atoms with Gasteiger partial charge in [-0.1, -0.05) is 121 Å². The molecule has 0 saturated heterocycles. The van der Waals surface area contributed by atoms with E-state index in [9.17, 15) is 0 Å². The number of aromatic nitrogens is 1. The van der Waals surface area contributed by atoms with Gasteiger partial charge in [-0.05, 0) is 117 Å². The van der Waals surface area contributed by atoms with Gasteiger partial charge in [0.2, 0.25) is 0 Å². The van der Waals surface area contributed by atoms with E-state index in [-0.39, 0.29) is 0 Å². The van der Waals surface area contributed by atoms with Crippen molar-refractivity contribution >= 4 is 70.8 Å². The standard InChI is InChI=1S/C49H32N2S2/c1-3-11-43-35(8-1)10-7-12-44(43)36-18-16-33(17-19-36)34-20-26-40(27-21-34)51(41-28-22-37(23-29-41)48-32-39-9-2-5-14-46(39)52-48)42-30-24-38(25-31-42)49-50-45-13-4-6-15-47(45)53-49/h1-32H. The number of thiazole rings is 1. The molecule has 250 valence electrons. The molecule has 0 atom stereocenters. The Balaban J connectivity index is 0.985. The summed E-state index contributed by atoms with van der Waals surface area (Å²) < 4.78 is 2.51. The third kappa shape index (κ3) is 5.98. The number of thiophene rings is 1. The highest BCUT2D eigenvalue weighted by atomic mass is 32.1. The largest absolute Gasteiger partial charge is 0.311 e. The predicted molar refractivity (Wildman–Crippen MR) is 229 cm³/mol. The van der Waals surface area contributed by atoms with Crippen molar-refractivity contribution < 1.29 is 0 Å². The van der Waals surface area contributed by atoms with Crippen LogP contribution in [0.3, 0.4) is 0 Å². The predicted octanol–water partition coefficient (Wildman–Crippen LogP) is 14.8. The molecule has 0 aliphatic rings. The van der Waals surface area contributed by atoms with Gasteiger partial charge in [-0.3, -0.25) is 0 Å². The van der Waals surface area contributed by atoms with Gasteiger partial charge < -0.3 is 4.90 Å². The summed E-state index contributed by atoms with van der Waals surface area (Å²) in [7, 11) is 0. The normalized spacial score (nSPS) is 11.4. The van der Waals surface area contributed by atoms with Crippen molar-refractivity contribution in [2.75, 3.05) is 4.90 Å². The van der Waals surface area contributed by atoms with Gasteiger partial charge in [0, 0.05) is 32.2 Å². The third-order valence-electron chi connectivity index (χ3n) is 9.95. The molecule has 10 rings (SSSR count). The Morgan fingerprint density at radius 3 is 1.58 bits per heavy atom. The summed E-state index contributed by atoms with van der Waals surface area (Å²) in [4.78, 5) is 8.52. The molecule has 0 aliphatic carbocycles. The maximum atomic E-state index is 4.91. The van der Waals surface area contributed by atoms with Crippen molar-refractivity contribution in [3.63, 3.8) is 0 Å². The van der Waals surface area contributed by atoms with Crippen LogP contribution in [0.4, 0.5) is 17.1 Å². The molecule has 2 heterocycles. The molecule has 10 aromatic rings. The van der Waals surface area contributed by atoms with E-state index in [2.05, 4.69) is 193 Å². The Morgan fingerprint density at radius 1 is 0.377 bits per heavy atom. The van der Waals surface area contributed by atoms with Crippen molar-refractivity contribution in [2.45, 2.75) is 0 Å². The van der Waals surface area contributed by atoms with E-state index < -0.39 is 0 Å². The zero-order chi connectivity index (χ0) is 35.1. The summed E-state index contributed by atoms with van der Waals surface area (Å²) in [5, 5.41) is 4.86. The first-order chi connectivity index (χ1) is 26.2. The molecule has 0 amide bonds. The average Bonchev–Trinajstić information content (AvgIpc) is 3.87. The SMILES string of the molecule is c1ccc2sc(-c3ccc(N(c4ccc(-c5ccc(-c6cccc7ccccc67)cc5)cc4)c4ccc(-c5nc6ccccc6s5)cc4)cc3)cc2c1. The summed E-state index contributed by atoms with van der Waals surface area (Å²) in [5.74, 6) is 0. The first kappa shape index (κ1) is 31.4. The van der Waals surface area contributed by atoms with E-state index in [1.165, 1.54) is 58.3 Å². The molecule has 0 fully saturated rings. The molecule has 8 aromatic carbocycles. The number of benzene rings is 8. The number of hydrogen-bond acceptors (Lipinski definition) is 4. The Labute approximate surface area is 316 Å². The lowest BCUT2D eigenvalue weighted by atomic mass is 9.96. The topological polar surface area (TPSA) is 16.1 Å². The summed E-state index contributed by atoms with van der Waals surface area (Å²) in [6.45, 7) is 0. The maximum absolute atomic E-state index is 4.91. The minimum atomic E-state index is 1.04. The zero-order valence-corrected chi connectivity index (χ0v) is 30.3. The first-order valence-corrected chi connectivity index (χ1v) is 19.4. The summed E-state index contributed by atoms with van der Waals surface area (Å²) in [5.41, 5.74) is 11.6. The van der Waals surface area contributed by atoms with Crippen molar-refractivity contribution in [3.05, 3.63) is 194 Å². The van der Waals surface area contributed by atoms with Gasteiger partial charge >= 0.3 is 0 Å². The molecular weight excluding hydrogens is 681 g/mol. The molecule has 0 spiro atoms. The zero-order valence-electron chi connectivity index (χ0n) is 28.7. The smallest absolute Gasteiger partial charge is 0.124 e. The maximum Gasteiger partial charge on any atom is 0.124 e. The fourth-order valence-corrected chi connectivity index (χ4v) is 9.26. The number of hydrogen-bond donors (Lipinski definition) is 0. The molecule has 2 aromatic heterocycles. The minimum Gasteiger partial charge on any atom is -0.311 e. The number of rotatable bonds is 7. The van der Waals surface area contributed by atoms with Crippen LogP contribution in [-0.2, 0) is 0 Å². The number of anilines is 3. The van der Waals surface area contributed by atoms with Crippen LogP contribution in [0, 0.1) is 0 Å². The summed E-state index contributed by atoms with van der Waals surface area (Å²) in [6, 6.07) is 70.0. The molecule has 0 saturated carbocycles. The van der Waals surface area contributed by atoms with Crippen LogP contribution in [0.2, 0.25) is 0 Å². The second-order valence-electron chi connectivity index (χ2n) is 13.2. The van der Waals surface area contributed by atoms with Gasteiger partial charge in [0.15, 0.2) is 0 Å². The van der Waals surface area contributed by atoms with E-state index in [0.29, 0.717) is 0 Å². The number of fused-ring (bicyclic) bond motifs is 3. The van der Waals surface area contributed by atoms with Crippen LogP contribution >= 0.6 is 22.7 Å². The molecule has 0 radical (unpaired) electrons. The molecular formula is C49H32N2S2. The quantitative estimate of drug-likeness (QED) is 0.164. The lowest BCUT2D eigenvalue weighted by Gasteiger charge is -2.26. The van der Waals surface area contributed by atoms with Crippen LogP contribution in [0.15, 0.2) is 194 Å². The summed E-state index contributed by atoms with van der Waals surface area (Å²) in [6.07, 6.45) is 0. The highest BCUT2D eigenvalue weighted by Crippen LogP contribution is 2.40. The van der Waals surface area contributed by atoms with Crippen molar-refractivity contribution in [1.82, 2.24) is 4.98 Å². The highest BCUT2D eigenvalue weighted by molar-refractivity contribution is 7.22. The van der Waals surface area contributed by atoms with E-state index in [1.54, 1.807) is 11.3 Å². The Morgan fingerprint density at radius 2 is 0.906 bits per heavy atom. The van der Waals surface area contributed by atoms with Crippen LogP contribution in [0.5, 0.6) is 0 Å². The van der Waals surface area contributed by atoms with E-state index >= 15 is 0 Å². The lowest BCUT2D eigenvalue weighted by molar-refractivity contribution is 1.28. The third-order valence-corrected chi connectivity index (χ3v) is 12.2. The fourth-order valence-electron chi connectivity index (χ4n) is 7.22. The van der Waals surface area contributed by atoms with Gasteiger partial charge in [0.05, 0.1) is 10.2 Å². The summed E-state index contributed by atoms with van der Waals surface area (Å²) >= 11 is 3.57. The lowest BCUT2D eigenvalue weighted by Crippen LogP contribution is -2.09. The van der Waals surface area contributed by atoms with Crippen molar-refractivity contribution in [1.29, 1.82) is 0 Å². The van der Waals surface area contributed by atoms with Crippen molar-refractivity contribution in [2.24, 2.45) is 0 Å². The molecule has 0 unspecified atom stereocenters. The van der Waals surface area contributed by atoms with Gasteiger partial charge in [0.1, 0.15) is 5.01 Å². The Hall–Kier alpha value is -6.33. The molecule has 4 heteroatoms. The first-order valence-electron chi connectivity index (χ1n) is 17.8. The average molecular weight is 713 g/mol. The van der Waals surface area contributed by atoms with Gasteiger partial charge in [0.25, 0.3) is 0 Å². The molecule has 0 aliphatic heterocycles. The van der Waals surface area contributed by atoms with Crippen LogP contribution in [0.1, 0.15) is 0 Å². The van der Waals surface area contributed by atoms with E-state index in [4.69, 9.17) is 4.98 Å². The molecule has 53 heavy (non-hydrogen) atoms. The van der Waals surface area contributed by atoms with E-state index in [0.717, 1.165) is 33.1 Å². The monoisotopic (exact) mass is 712 g/mol. The second-order valence-corrected chi connectivity index (χ2v) is 15.3. The van der Waals surface area contributed by atoms with Crippen LogP contribution in [0.25, 0.3) is 74.3 Å². The fraction of sp³-hybridized carbons (Fsp3) is 0. The van der Waals surface area contributed by atoms with Gasteiger partial charge in [-0.15, -0.1) is 22.7 Å². The van der Waals surface area contributed by atoms with Crippen molar-refractivity contribution in [3.8, 4) is 43.3 Å². The minimum absolute atomic E-state index is 1.04. The second kappa shape index (κ2) is 13.3. The Bertz CT molecular complexity index is 2680. The van der Waals surface area contributed by atoms with E-state index in [1.807, 2.05) is 17.4 Å².